The molecule has 0 fully saturated rings. The van der Waals surface area contributed by atoms with Crippen molar-refractivity contribution >= 4 is 17.0 Å². The normalized spacial score (nSPS) is 11.1. The van der Waals surface area contributed by atoms with Gasteiger partial charge in [-0.15, -0.1) is 0 Å². The molecular formula is C25H19N4O5-. The number of aromatic amines is 1. The highest BCUT2D eigenvalue weighted by atomic mass is 16.5. The van der Waals surface area contributed by atoms with Gasteiger partial charge in [0.1, 0.15) is 0 Å². The van der Waals surface area contributed by atoms with E-state index in [1.807, 2.05) is 55.5 Å². The highest BCUT2D eigenvalue weighted by Gasteiger charge is 2.17. The van der Waals surface area contributed by atoms with Crippen LogP contribution in [0.15, 0.2) is 76.0 Å². The van der Waals surface area contributed by atoms with E-state index in [-0.39, 0.29) is 5.56 Å². The number of hydrogen-bond donors (Lipinski definition) is 1. The van der Waals surface area contributed by atoms with Crippen LogP contribution < -0.4 is 15.6 Å². The Morgan fingerprint density at radius 1 is 1.06 bits per heavy atom. The molecule has 0 aliphatic heterocycles. The highest BCUT2D eigenvalue weighted by Crippen LogP contribution is 2.31. The predicted molar refractivity (Wildman–Crippen MR) is 122 cm³/mol. The van der Waals surface area contributed by atoms with Crippen molar-refractivity contribution in [3.05, 3.63) is 88.4 Å². The number of carbonyl (C=O) groups excluding carboxylic acids is 1. The molecular weight excluding hydrogens is 436 g/mol. The van der Waals surface area contributed by atoms with Crippen LogP contribution in [0, 0.1) is 0 Å². The molecule has 34 heavy (non-hydrogen) atoms. The van der Waals surface area contributed by atoms with Gasteiger partial charge in [-0.1, -0.05) is 65.8 Å². The maximum Gasteiger partial charge on any atom is 0.439 e. The Bertz CT molecular complexity index is 1550. The van der Waals surface area contributed by atoms with Gasteiger partial charge in [0.05, 0.1) is 30.2 Å². The fourth-order valence-corrected chi connectivity index (χ4v) is 3.97. The van der Waals surface area contributed by atoms with Crippen LogP contribution in [0.1, 0.15) is 22.8 Å². The monoisotopic (exact) mass is 455 g/mol. The Morgan fingerprint density at radius 3 is 2.50 bits per heavy atom. The summed E-state index contributed by atoms with van der Waals surface area (Å²) in [6, 6.07) is 20.6. The lowest BCUT2D eigenvalue weighted by molar-refractivity contribution is -0.254. The highest BCUT2D eigenvalue weighted by molar-refractivity contribution is 6.00. The van der Waals surface area contributed by atoms with Crippen molar-refractivity contribution in [1.82, 2.24) is 19.7 Å². The van der Waals surface area contributed by atoms with Crippen molar-refractivity contribution in [3.63, 3.8) is 0 Å². The molecule has 5 rings (SSSR count). The first-order valence-corrected chi connectivity index (χ1v) is 10.6. The summed E-state index contributed by atoms with van der Waals surface area (Å²) in [5, 5.41) is 15.5. The minimum absolute atomic E-state index is 0.0584. The summed E-state index contributed by atoms with van der Waals surface area (Å²) in [5.74, 6) is -1.54. The Balaban J connectivity index is 1.53. The summed E-state index contributed by atoms with van der Waals surface area (Å²) in [6.07, 6.45) is 0. The molecule has 2 heterocycles. The average Bonchev–Trinajstić information content (AvgIpc) is 3.43. The number of fused-ring (bicyclic) bond motifs is 1. The van der Waals surface area contributed by atoms with E-state index >= 15 is 0 Å². The Kier molecular flexibility index (Phi) is 5.43. The number of carboxylic acids is 1. The van der Waals surface area contributed by atoms with E-state index in [0.29, 0.717) is 36.0 Å². The van der Waals surface area contributed by atoms with E-state index in [1.165, 1.54) is 6.07 Å². The number of carbonyl (C=O) groups is 1. The lowest BCUT2D eigenvalue weighted by Crippen LogP contribution is -2.23. The van der Waals surface area contributed by atoms with Gasteiger partial charge in [0.15, 0.2) is 5.82 Å². The van der Waals surface area contributed by atoms with Crippen LogP contribution in [0.4, 0.5) is 0 Å². The summed E-state index contributed by atoms with van der Waals surface area (Å²) in [7, 11) is 0. The maximum atomic E-state index is 11.7. The quantitative estimate of drug-likeness (QED) is 0.400. The van der Waals surface area contributed by atoms with Gasteiger partial charge in [-0.05, 0) is 29.7 Å². The molecule has 0 spiro atoms. The topological polar surface area (TPSA) is 126 Å². The molecule has 9 heteroatoms. The molecule has 0 aliphatic carbocycles. The fourth-order valence-electron chi connectivity index (χ4n) is 3.97. The van der Waals surface area contributed by atoms with Crippen LogP contribution in [-0.4, -0.2) is 32.3 Å². The van der Waals surface area contributed by atoms with Crippen molar-refractivity contribution in [3.8, 4) is 28.5 Å². The van der Waals surface area contributed by atoms with Gasteiger partial charge in [0, 0.05) is 11.1 Å². The lowest BCUT2D eigenvalue weighted by atomic mass is 9.98. The zero-order chi connectivity index (χ0) is 23.7. The number of nitrogens with one attached hydrogen (secondary N) is 1. The number of rotatable bonds is 7. The number of carboxylic acid groups (broad SMARTS) is 1. The molecule has 1 N–H and O–H groups in total. The molecule has 0 saturated carbocycles. The van der Waals surface area contributed by atoms with Crippen LogP contribution in [-0.2, 0) is 6.54 Å². The number of H-pyrrole nitrogens is 1. The molecule has 2 aromatic heterocycles. The molecule has 0 saturated heterocycles. The van der Waals surface area contributed by atoms with E-state index in [0.717, 1.165) is 22.3 Å². The molecule has 0 bridgehead atoms. The second-order valence-corrected chi connectivity index (χ2v) is 7.56. The van der Waals surface area contributed by atoms with Gasteiger partial charge in [0.25, 0.3) is 6.01 Å². The number of imidazole rings is 1. The SMILES string of the molecule is CCOc1nc2cccc(C(=O)[O-])c2n1Cc1ccc(-c2ccccc2-c2noc(=O)[nH]2)cc1. The van der Waals surface area contributed by atoms with E-state index in [9.17, 15) is 14.7 Å². The first kappa shape index (κ1) is 21.2. The van der Waals surface area contributed by atoms with Gasteiger partial charge in [-0.2, -0.15) is 4.98 Å². The van der Waals surface area contributed by atoms with Gasteiger partial charge in [-0.25, -0.2) is 4.79 Å². The third-order valence-corrected chi connectivity index (χ3v) is 5.45. The molecule has 5 aromatic rings. The van der Waals surface area contributed by atoms with Crippen LogP contribution in [0.3, 0.4) is 0 Å². The molecule has 9 nitrogen and oxygen atoms in total. The smallest absolute Gasteiger partial charge is 0.439 e. The third kappa shape index (κ3) is 3.83. The first-order valence-electron chi connectivity index (χ1n) is 10.6. The number of ether oxygens (including phenoxy) is 1. The Labute approximate surface area is 193 Å². The minimum atomic E-state index is -1.27. The van der Waals surface area contributed by atoms with E-state index in [2.05, 4.69) is 19.6 Å². The lowest BCUT2D eigenvalue weighted by Gasteiger charge is -2.13. The average molecular weight is 455 g/mol. The fraction of sp³-hybridized carbons (Fsp3) is 0.120. The molecule has 0 unspecified atom stereocenters. The zero-order valence-corrected chi connectivity index (χ0v) is 18.1. The van der Waals surface area contributed by atoms with Gasteiger partial charge >= 0.3 is 5.76 Å². The second-order valence-electron chi connectivity index (χ2n) is 7.56. The van der Waals surface area contributed by atoms with Crippen LogP contribution >= 0.6 is 0 Å². The number of hydrogen-bond acceptors (Lipinski definition) is 7. The molecule has 0 amide bonds. The van der Waals surface area contributed by atoms with Crippen LogP contribution in [0.5, 0.6) is 6.01 Å². The number of aromatic nitrogens is 4. The second kappa shape index (κ2) is 8.70. The predicted octanol–water partition coefficient (Wildman–Crippen LogP) is 2.86. The largest absolute Gasteiger partial charge is 0.545 e. The zero-order valence-electron chi connectivity index (χ0n) is 18.1. The molecule has 170 valence electrons. The Morgan fingerprint density at radius 2 is 1.82 bits per heavy atom. The van der Waals surface area contributed by atoms with Crippen molar-refractivity contribution in [1.29, 1.82) is 0 Å². The third-order valence-electron chi connectivity index (χ3n) is 5.45. The van der Waals surface area contributed by atoms with Crippen LogP contribution in [0.2, 0.25) is 0 Å². The van der Waals surface area contributed by atoms with Crippen molar-refractivity contribution in [2.75, 3.05) is 6.61 Å². The standard InChI is InChI=1S/C25H20N4O5/c1-2-33-24-26-20-9-5-8-19(23(30)31)21(20)29(24)14-15-10-12-16(13-11-15)17-6-3-4-7-18(17)22-27-25(32)34-28-22/h3-13H,2,14H2,1H3,(H,30,31)(H,27,28,32)/p-1. The minimum Gasteiger partial charge on any atom is -0.545 e. The van der Waals surface area contributed by atoms with E-state index in [1.54, 1.807) is 16.7 Å². The number of para-hydroxylation sites is 1. The molecule has 3 aromatic carbocycles. The van der Waals surface area contributed by atoms with Gasteiger partial charge in [0.2, 0.25) is 0 Å². The Hall–Kier alpha value is -4.66. The van der Waals surface area contributed by atoms with Crippen LogP contribution in [0.25, 0.3) is 33.5 Å². The molecule has 0 atom stereocenters. The van der Waals surface area contributed by atoms with Gasteiger partial charge in [-0.3, -0.25) is 14.1 Å². The molecule has 0 radical (unpaired) electrons. The number of aromatic carboxylic acids is 1. The number of nitrogens with zero attached hydrogens (tertiary/aromatic N) is 3. The van der Waals surface area contributed by atoms with E-state index < -0.39 is 11.7 Å². The summed E-state index contributed by atoms with van der Waals surface area (Å²) >= 11 is 0. The summed E-state index contributed by atoms with van der Waals surface area (Å²) < 4.78 is 12.1. The maximum absolute atomic E-state index is 11.7. The van der Waals surface area contributed by atoms with Gasteiger partial charge < -0.3 is 14.6 Å². The van der Waals surface area contributed by atoms with Crippen molar-refractivity contribution in [2.24, 2.45) is 0 Å². The van der Waals surface area contributed by atoms with Crippen molar-refractivity contribution < 1.29 is 19.2 Å². The number of benzene rings is 3. The summed E-state index contributed by atoms with van der Waals surface area (Å²) in [4.78, 5) is 30.2. The van der Waals surface area contributed by atoms with E-state index in [4.69, 9.17) is 4.74 Å². The first-order chi connectivity index (χ1) is 16.5. The summed E-state index contributed by atoms with van der Waals surface area (Å²) in [6.45, 7) is 2.59. The van der Waals surface area contributed by atoms with Crippen molar-refractivity contribution in [2.45, 2.75) is 13.5 Å². The summed E-state index contributed by atoms with van der Waals surface area (Å²) in [5.41, 5.74) is 4.49. The molecule has 0 aliphatic rings.